The summed E-state index contributed by atoms with van der Waals surface area (Å²) in [7, 11) is -4.01. The fourth-order valence-corrected chi connectivity index (χ4v) is 2.86. The highest BCUT2D eigenvalue weighted by molar-refractivity contribution is 7.92. The van der Waals surface area contributed by atoms with Crippen molar-refractivity contribution in [3.63, 3.8) is 0 Å². The number of hydrogen-bond donors (Lipinski definition) is 2. The number of aromatic amines is 1. The third-order valence-electron chi connectivity index (χ3n) is 2.64. The zero-order valence-electron chi connectivity index (χ0n) is 10.7. The van der Waals surface area contributed by atoms with Crippen molar-refractivity contribution < 1.29 is 13.3 Å². The molecular weight excluding hydrogens is 298 g/mol. The number of benzene rings is 1. The fraction of sp³-hybridized carbons (Fsp3) is 0.0909. The molecule has 0 saturated carbocycles. The van der Waals surface area contributed by atoms with E-state index in [0.717, 1.165) is 12.3 Å². The summed E-state index contributed by atoms with van der Waals surface area (Å²) in [6, 6.07) is 5.21. The lowest BCUT2D eigenvalue weighted by Gasteiger charge is -2.07. The molecule has 1 heterocycles. The van der Waals surface area contributed by atoms with E-state index in [-0.39, 0.29) is 16.1 Å². The van der Waals surface area contributed by atoms with Crippen LogP contribution in [0.5, 0.6) is 0 Å². The van der Waals surface area contributed by atoms with Gasteiger partial charge in [0.25, 0.3) is 15.7 Å². The van der Waals surface area contributed by atoms with E-state index in [4.69, 9.17) is 5.26 Å². The van der Waals surface area contributed by atoms with Crippen molar-refractivity contribution in [2.45, 2.75) is 11.8 Å². The molecule has 0 atom stereocenters. The Kier molecular flexibility index (Phi) is 3.60. The predicted octanol–water partition coefficient (Wildman–Crippen LogP) is 1.30. The smallest absolute Gasteiger partial charge is 0.281 e. The van der Waals surface area contributed by atoms with Gasteiger partial charge in [0.1, 0.15) is 10.6 Å². The Morgan fingerprint density at radius 1 is 1.48 bits per heavy atom. The number of nitro benzene ring substituents is 1. The lowest BCUT2D eigenvalue weighted by molar-refractivity contribution is -0.383. The van der Waals surface area contributed by atoms with Gasteiger partial charge in [-0.1, -0.05) is 0 Å². The van der Waals surface area contributed by atoms with Gasteiger partial charge in [-0.3, -0.25) is 19.9 Å². The number of aromatic nitrogens is 2. The van der Waals surface area contributed by atoms with E-state index in [0.29, 0.717) is 5.69 Å². The Morgan fingerprint density at radius 2 is 2.19 bits per heavy atom. The molecule has 0 radical (unpaired) electrons. The molecule has 1 aromatic heterocycles. The Morgan fingerprint density at radius 3 is 2.71 bits per heavy atom. The van der Waals surface area contributed by atoms with Crippen molar-refractivity contribution in [2.24, 2.45) is 0 Å². The zero-order valence-corrected chi connectivity index (χ0v) is 11.5. The molecule has 0 spiro atoms. The van der Waals surface area contributed by atoms with E-state index in [1.54, 1.807) is 6.07 Å². The largest absolute Gasteiger partial charge is 0.294 e. The molecule has 0 aliphatic carbocycles. The Balaban J connectivity index is 2.47. The minimum Gasteiger partial charge on any atom is -0.281 e. The Bertz CT molecular complexity index is 850. The number of nitriles is 1. The molecule has 0 aliphatic heterocycles. The fourth-order valence-electron chi connectivity index (χ4n) is 1.65. The quantitative estimate of drug-likeness (QED) is 0.644. The molecule has 9 nitrogen and oxygen atoms in total. The number of hydrogen-bond acceptors (Lipinski definition) is 6. The van der Waals surface area contributed by atoms with Crippen LogP contribution >= 0.6 is 0 Å². The normalized spacial score (nSPS) is 10.9. The third kappa shape index (κ3) is 2.82. The zero-order chi connectivity index (χ0) is 15.6. The molecule has 21 heavy (non-hydrogen) atoms. The lowest BCUT2D eigenvalue weighted by Crippen LogP contribution is -2.14. The topological polar surface area (TPSA) is 142 Å². The van der Waals surface area contributed by atoms with E-state index >= 15 is 0 Å². The lowest BCUT2D eigenvalue weighted by atomic mass is 10.2. The minimum absolute atomic E-state index is 0.0594. The van der Waals surface area contributed by atoms with Gasteiger partial charge in [-0.25, -0.2) is 8.42 Å². The van der Waals surface area contributed by atoms with Crippen LogP contribution in [0.3, 0.4) is 0 Å². The highest BCUT2D eigenvalue weighted by atomic mass is 32.2. The summed E-state index contributed by atoms with van der Waals surface area (Å²) in [5, 5.41) is 25.8. The average molecular weight is 307 g/mol. The van der Waals surface area contributed by atoms with Crippen LogP contribution in [0.1, 0.15) is 11.3 Å². The maximum atomic E-state index is 12.2. The summed E-state index contributed by atoms with van der Waals surface area (Å²) in [5.74, 6) is 0. The Hall–Kier alpha value is -2.93. The summed E-state index contributed by atoms with van der Waals surface area (Å²) in [6.07, 6.45) is 1.10. The summed E-state index contributed by atoms with van der Waals surface area (Å²) < 4.78 is 26.4. The summed E-state index contributed by atoms with van der Waals surface area (Å²) in [4.78, 5) is 10.1. The van der Waals surface area contributed by atoms with Crippen LogP contribution in [-0.2, 0) is 10.0 Å². The van der Waals surface area contributed by atoms with E-state index in [2.05, 4.69) is 14.9 Å². The number of sulfonamides is 1. The van der Waals surface area contributed by atoms with Crippen molar-refractivity contribution in [2.75, 3.05) is 4.72 Å². The van der Waals surface area contributed by atoms with Crippen LogP contribution in [0, 0.1) is 28.4 Å². The number of H-pyrrole nitrogens is 1. The first-order chi connectivity index (χ1) is 9.85. The highest BCUT2D eigenvalue weighted by Gasteiger charge is 2.23. The molecule has 108 valence electrons. The number of nitrogens with one attached hydrogen (secondary N) is 2. The molecule has 0 unspecified atom stereocenters. The molecule has 2 N–H and O–H groups in total. The molecule has 1 aromatic carbocycles. The van der Waals surface area contributed by atoms with Crippen molar-refractivity contribution in [1.82, 2.24) is 10.2 Å². The molecule has 0 amide bonds. The van der Waals surface area contributed by atoms with Gasteiger partial charge in [-0.2, -0.15) is 10.4 Å². The number of nitro groups is 1. The maximum absolute atomic E-state index is 12.2. The van der Waals surface area contributed by atoms with Gasteiger partial charge in [-0.05, 0) is 19.1 Å². The second-order valence-corrected chi connectivity index (χ2v) is 5.72. The van der Waals surface area contributed by atoms with Gasteiger partial charge in [0.05, 0.1) is 28.4 Å². The first kappa shape index (κ1) is 14.5. The van der Waals surface area contributed by atoms with Gasteiger partial charge in [0.2, 0.25) is 0 Å². The predicted molar refractivity (Wildman–Crippen MR) is 71.9 cm³/mol. The van der Waals surface area contributed by atoms with Gasteiger partial charge in [0.15, 0.2) is 0 Å². The third-order valence-corrected chi connectivity index (χ3v) is 4.12. The number of rotatable bonds is 4. The van der Waals surface area contributed by atoms with Crippen molar-refractivity contribution in [3.8, 4) is 6.07 Å². The van der Waals surface area contributed by atoms with E-state index in [1.165, 1.54) is 19.1 Å². The van der Waals surface area contributed by atoms with Gasteiger partial charge in [-0.15, -0.1) is 0 Å². The number of aryl methyl sites for hydroxylation is 1. The van der Waals surface area contributed by atoms with Crippen molar-refractivity contribution in [1.29, 1.82) is 5.26 Å². The minimum atomic E-state index is -4.01. The molecule has 2 rings (SSSR count). The van der Waals surface area contributed by atoms with E-state index in [9.17, 15) is 18.5 Å². The van der Waals surface area contributed by atoms with E-state index in [1.807, 2.05) is 0 Å². The van der Waals surface area contributed by atoms with E-state index < -0.39 is 20.6 Å². The van der Waals surface area contributed by atoms with Crippen LogP contribution < -0.4 is 4.72 Å². The van der Waals surface area contributed by atoms with Crippen LogP contribution in [0.4, 0.5) is 11.4 Å². The van der Waals surface area contributed by atoms with Crippen LogP contribution in [0.2, 0.25) is 0 Å². The molecule has 0 bridgehead atoms. The maximum Gasteiger partial charge on any atom is 0.294 e. The molecule has 10 heteroatoms. The SMILES string of the molecule is Cc1[nH]ncc1S(=O)(=O)Nc1ccc(C#N)cc1[N+](=O)[O-]. The summed E-state index contributed by atoms with van der Waals surface area (Å²) in [6.45, 7) is 1.51. The van der Waals surface area contributed by atoms with Crippen LogP contribution in [-0.4, -0.2) is 23.5 Å². The van der Waals surface area contributed by atoms with Gasteiger partial charge < -0.3 is 0 Å². The standard InChI is InChI=1S/C11H9N5O4S/c1-7-11(6-13-14-7)21(19,20)15-9-3-2-8(5-12)4-10(9)16(17)18/h2-4,6,15H,1H3,(H,13,14). The average Bonchev–Trinajstić information content (AvgIpc) is 2.85. The monoisotopic (exact) mass is 307 g/mol. The van der Waals surface area contributed by atoms with Crippen LogP contribution in [0.15, 0.2) is 29.3 Å². The van der Waals surface area contributed by atoms with Gasteiger partial charge in [0, 0.05) is 6.07 Å². The van der Waals surface area contributed by atoms with Crippen molar-refractivity contribution >= 4 is 21.4 Å². The molecule has 2 aromatic rings. The first-order valence-electron chi connectivity index (χ1n) is 5.56. The number of nitrogens with zero attached hydrogens (tertiary/aromatic N) is 3. The van der Waals surface area contributed by atoms with Gasteiger partial charge >= 0.3 is 0 Å². The molecule has 0 aliphatic rings. The molecule has 0 fully saturated rings. The second kappa shape index (κ2) is 5.22. The summed E-state index contributed by atoms with van der Waals surface area (Å²) in [5.41, 5.74) is -0.360. The molecule has 0 saturated heterocycles. The highest BCUT2D eigenvalue weighted by Crippen LogP contribution is 2.28. The van der Waals surface area contributed by atoms with Crippen LogP contribution in [0.25, 0.3) is 0 Å². The second-order valence-electron chi connectivity index (χ2n) is 4.07. The van der Waals surface area contributed by atoms with Crippen molar-refractivity contribution in [3.05, 3.63) is 45.8 Å². The Labute approximate surface area is 119 Å². The number of anilines is 1. The first-order valence-corrected chi connectivity index (χ1v) is 7.05. The summed E-state index contributed by atoms with van der Waals surface area (Å²) >= 11 is 0. The molecular formula is C11H9N5O4S.